The smallest absolute Gasteiger partial charge is 0.224 e. The number of nitrogens with zero attached hydrogens (tertiary/aromatic N) is 3. The van der Waals surface area contributed by atoms with Crippen molar-refractivity contribution in [3.8, 4) is 0 Å². The second-order valence-corrected chi connectivity index (χ2v) is 9.19. The van der Waals surface area contributed by atoms with Crippen molar-refractivity contribution in [2.45, 2.75) is 52.6 Å². The number of fused-ring (bicyclic) bond motifs is 1. The van der Waals surface area contributed by atoms with Crippen molar-refractivity contribution in [3.63, 3.8) is 0 Å². The summed E-state index contributed by atoms with van der Waals surface area (Å²) in [5.41, 5.74) is 1.66. The Labute approximate surface area is 155 Å². The summed E-state index contributed by atoms with van der Waals surface area (Å²) in [5.74, 6) is 1.12. The lowest BCUT2D eigenvalue weighted by Gasteiger charge is -2.62. The maximum Gasteiger partial charge on any atom is 0.224 e. The minimum Gasteiger partial charge on any atom is -0.356 e. The maximum atomic E-state index is 12.5. The van der Waals surface area contributed by atoms with E-state index in [2.05, 4.69) is 54.4 Å². The SMILES string of the molecule is CN=C(NCCC(=O)N1CCc2sccc2C1)N1CC(C)(C)C1(C)C. The van der Waals surface area contributed by atoms with Gasteiger partial charge in [-0.15, -0.1) is 11.3 Å². The number of hydrogen-bond donors (Lipinski definition) is 1. The molecule has 0 saturated carbocycles. The van der Waals surface area contributed by atoms with Crippen LogP contribution in [0.3, 0.4) is 0 Å². The average Bonchev–Trinajstić information content (AvgIpc) is 3.04. The fourth-order valence-electron chi connectivity index (χ4n) is 3.60. The summed E-state index contributed by atoms with van der Waals surface area (Å²) in [6.45, 7) is 12.3. The van der Waals surface area contributed by atoms with Crippen LogP contribution in [-0.2, 0) is 17.8 Å². The van der Waals surface area contributed by atoms with Gasteiger partial charge in [-0.2, -0.15) is 0 Å². The summed E-state index contributed by atoms with van der Waals surface area (Å²) in [6, 6.07) is 2.15. The zero-order valence-electron chi connectivity index (χ0n) is 16.1. The van der Waals surface area contributed by atoms with E-state index in [1.54, 1.807) is 11.3 Å². The number of hydrogen-bond acceptors (Lipinski definition) is 3. The summed E-state index contributed by atoms with van der Waals surface area (Å²) >= 11 is 1.80. The Morgan fingerprint density at radius 2 is 2.12 bits per heavy atom. The van der Waals surface area contributed by atoms with Gasteiger partial charge in [-0.1, -0.05) is 13.8 Å². The standard InChI is InChI=1S/C19H30N4OS/c1-18(2)13-23(19(18,3)4)17(20-5)21-9-6-16(24)22-10-7-15-14(12-22)8-11-25-15/h8,11H,6-7,9-10,12-13H2,1-5H3,(H,20,21). The van der Waals surface area contributed by atoms with E-state index in [0.29, 0.717) is 13.0 Å². The second kappa shape index (κ2) is 6.63. The molecule has 1 saturated heterocycles. The minimum atomic E-state index is 0.0705. The summed E-state index contributed by atoms with van der Waals surface area (Å²) < 4.78 is 0. The van der Waals surface area contributed by atoms with E-state index in [-0.39, 0.29) is 16.9 Å². The lowest BCUT2D eigenvalue weighted by atomic mass is 9.65. The Morgan fingerprint density at radius 1 is 1.36 bits per heavy atom. The Balaban J connectivity index is 1.49. The Kier molecular flexibility index (Phi) is 4.84. The van der Waals surface area contributed by atoms with E-state index in [1.807, 2.05) is 11.9 Å². The van der Waals surface area contributed by atoms with E-state index in [9.17, 15) is 4.79 Å². The van der Waals surface area contributed by atoms with Crippen LogP contribution < -0.4 is 5.32 Å². The lowest BCUT2D eigenvalue weighted by molar-refractivity contribution is -0.131. The number of rotatable bonds is 3. The molecule has 138 valence electrons. The summed E-state index contributed by atoms with van der Waals surface area (Å²) in [6.07, 6.45) is 1.50. The molecule has 2 aliphatic heterocycles. The number of carbonyl (C=O) groups excluding carboxylic acids is 1. The molecule has 1 fully saturated rings. The predicted octanol–water partition coefficient (Wildman–Crippen LogP) is 2.72. The van der Waals surface area contributed by atoms with Crippen molar-refractivity contribution in [1.82, 2.24) is 15.1 Å². The summed E-state index contributed by atoms with van der Waals surface area (Å²) in [7, 11) is 1.81. The highest BCUT2D eigenvalue weighted by molar-refractivity contribution is 7.10. The second-order valence-electron chi connectivity index (χ2n) is 8.19. The first-order valence-electron chi connectivity index (χ1n) is 9.07. The van der Waals surface area contributed by atoms with Gasteiger partial charge in [0.05, 0.1) is 0 Å². The van der Waals surface area contributed by atoms with E-state index < -0.39 is 0 Å². The van der Waals surface area contributed by atoms with Crippen LogP contribution in [-0.4, -0.2) is 53.9 Å². The first-order chi connectivity index (χ1) is 11.8. The van der Waals surface area contributed by atoms with Crippen LogP contribution in [0.25, 0.3) is 0 Å². The molecule has 1 aromatic rings. The van der Waals surface area contributed by atoms with Crippen molar-refractivity contribution >= 4 is 23.2 Å². The molecule has 0 unspecified atom stereocenters. The van der Waals surface area contributed by atoms with E-state index in [0.717, 1.165) is 32.0 Å². The Bertz CT molecular complexity index is 677. The van der Waals surface area contributed by atoms with Crippen LogP contribution in [0.2, 0.25) is 0 Å². The van der Waals surface area contributed by atoms with E-state index in [4.69, 9.17) is 0 Å². The van der Waals surface area contributed by atoms with Crippen LogP contribution in [0, 0.1) is 5.41 Å². The molecule has 0 aromatic carbocycles. The normalized spacial score (nSPS) is 21.6. The van der Waals surface area contributed by atoms with Crippen molar-refractivity contribution < 1.29 is 4.79 Å². The molecule has 3 rings (SSSR count). The van der Waals surface area contributed by atoms with Crippen LogP contribution in [0.4, 0.5) is 0 Å². The summed E-state index contributed by atoms with van der Waals surface area (Å²) in [4.78, 5) is 22.6. The van der Waals surface area contributed by atoms with Gasteiger partial charge in [0.25, 0.3) is 0 Å². The monoisotopic (exact) mass is 362 g/mol. The molecule has 0 bridgehead atoms. The van der Waals surface area contributed by atoms with Crippen LogP contribution in [0.5, 0.6) is 0 Å². The molecule has 5 nitrogen and oxygen atoms in total. The van der Waals surface area contributed by atoms with Gasteiger partial charge in [0, 0.05) is 55.5 Å². The molecule has 0 aliphatic carbocycles. The van der Waals surface area contributed by atoms with Gasteiger partial charge < -0.3 is 15.1 Å². The van der Waals surface area contributed by atoms with Crippen molar-refractivity contribution in [2.75, 3.05) is 26.7 Å². The number of carbonyl (C=O) groups is 1. The molecule has 0 atom stereocenters. The number of aliphatic imine (C=N–C) groups is 1. The predicted molar refractivity (Wildman–Crippen MR) is 104 cm³/mol. The number of amides is 1. The molecular weight excluding hydrogens is 332 g/mol. The maximum absolute atomic E-state index is 12.5. The fourth-order valence-corrected chi connectivity index (χ4v) is 4.49. The molecule has 1 N–H and O–H groups in total. The number of thiophene rings is 1. The highest BCUT2D eigenvalue weighted by Gasteiger charge is 2.53. The fraction of sp³-hybridized carbons (Fsp3) is 0.684. The van der Waals surface area contributed by atoms with Crippen LogP contribution in [0.1, 0.15) is 44.6 Å². The van der Waals surface area contributed by atoms with Crippen LogP contribution in [0.15, 0.2) is 16.4 Å². The summed E-state index contributed by atoms with van der Waals surface area (Å²) in [5, 5.41) is 5.50. The Hall–Kier alpha value is -1.56. The lowest BCUT2D eigenvalue weighted by Crippen LogP contribution is -2.72. The molecule has 1 aromatic heterocycles. The third-order valence-corrected chi connectivity index (χ3v) is 7.16. The zero-order chi connectivity index (χ0) is 18.2. The first-order valence-corrected chi connectivity index (χ1v) is 9.95. The molecule has 0 spiro atoms. The van der Waals surface area contributed by atoms with Gasteiger partial charge in [0.15, 0.2) is 5.96 Å². The number of guanidine groups is 1. The number of likely N-dealkylation sites (tertiary alicyclic amines) is 1. The van der Waals surface area contributed by atoms with Gasteiger partial charge in [-0.05, 0) is 37.3 Å². The highest BCUT2D eigenvalue weighted by Crippen LogP contribution is 2.46. The first kappa shape index (κ1) is 18.2. The van der Waals surface area contributed by atoms with Gasteiger partial charge >= 0.3 is 0 Å². The van der Waals surface area contributed by atoms with Crippen molar-refractivity contribution in [1.29, 1.82) is 0 Å². The molecule has 6 heteroatoms. The molecule has 25 heavy (non-hydrogen) atoms. The topological polar surface area (TPSA) is 47.9 Å². The molecule has 2 aliphatic rings. The number of nitrogens with one attached hydrogen (secondary N) is 1. The van der Waals surface area contributed by atoms with Gasteiger partial charge in [-0.25, -0.2) is 0 Å². The largest absolute Gasteiger partial charge is 0.356 e. The van der Waals surface area contributed by atoms with Crippen LogP contribution >= 0.6 is 11.3 Å². The third kappa shape index (κ3) is 3.28. The molecule has 3 heterocycles. The quantitative estimate of drug-likeness (QED) is 0.664. The van der Waals surface area contributed by atoms with Gasteiger partial charge in [0.2, 0.25) is 5.91 Å². The third-order valence-electron chi connectivity index (χ3n) is 6.13. The zero-order valence-corrected chi connectivity index (χ0v) is 16.9. The van der Waals surface area contributed by atoms with Gasteiger partial charge in [0.1, 0.15) is 0 Å². The molecular formula is C19H30N4OS. The highest BCUT2D eigenvalue weighted by atomic mass is 32.1. The van der Waals surface area contributed by atoms with E-state index >= 15 is 0 Å². The average molecular weight is 363 g/mol. The van der Waals surface area contributed by atoms with Crippen molar-refractivity contribution in [3.05, 3.63) is 21.9 Å². The minimum absolute atomic E-state index is 0.0705. The Morgan fingerprint density at radius 3 is 2.76 bits per heavy atom. The van der Waals surface area contributed by atoms with Gasteiger partial charge in [-0.3, -0.25) is 9.79 Å². The van der Waals surface area contributed by atoms with E-state index in [1.165, 1.54) is 10.4 Å². The van der Waals surface area contributed by atoms with Crippen molar-refractivity contribution in [2.24, 2.45) is 10.4 Å². The molecule has 0 radical (unpaired) electrons. The molecule has 1 amide bonds.